The molecule has 0 saturated heterocycles. The minimum absolute atomic E-state index is 0.294. The van der Waals surface area contributed by atoms with Crippen LogP contribution in [0.1, 0.15) is 33.6 Å². The molecule has 0 spiro atoms. The first-order valence-electron chi connectivity index (χ1n) is 10.9. The van der Waals surface area contributed by atoms with E-state index in [0.29, 0.717) is 16.9 Å². The predicted molar refractivity (Wildman–Crippen MR) is 129 cm³/mol. The molecule has 1 aliphatic rings. The van der Waals surface area contributed by atoms with Crippen LogP contribution in [0.25, 0.3) is 45.1 Å². The van der Waals surface area contributed by atoms with Crippen LogP contribution in [-0.4, -0.2) is 20.4 Å². The zero-order chi connectivity index (χ0) is 22.7. The molecule has 0 unspecified atom stereocenters. The Morgan fingerprint density at radius 3 is 2.85 bits per heavy atom. The normalized spacial score (nSPS) is 13.0. The minimum Gasteiger partial charge on any atom is -0.366 e. The average molecular weight is 436 g/mol. The highest BCUT2D eigenvalue weighted by Crippen LogP contribution is 2.39. The molecule has 0 radical (unpaired) electrons. The number of nitrogens with one attached hydrogen (secondary N) is 1. The van der Waals surface area contributed by atoms with E-state index >= 15 is 0 Å². The molecular formula is C27H21FN4O. The Kier molecular flexibility index (Phi) is 4.23. The van der Waals surface area contributed by atoms with Gasteiger partial charge in [-0.3, -0.25) is 4.79 Å². The summed E-state index contributed by atoms with van der Waals surface area (Å²) in [6.07, 6.45) is 6.23. The Bertz CT molecular complexity index is 1620. The number of nitrogens with two attached hydrogens (primary N) is 1. The molecule has 162 valence electrons. The number of hydrogen-bond acceptors (Lipinski definition) is 2. The second-order valence-corrected chi connectivity index (χ2v) is 8.45. The summed E-state index contributed by atoms with van der Waals surface area (Å²) in [7, 11) is 0. The number of aromatic amines is 1. The number of carbonyl (C=O) groups is 1. The van der Waals surface area contributed by atoms with Crippen molar-refractivity contribution in [1.29, 1.82) is 0 Å². The third kappa shape index (κ3) is 2.98. The molecule has 2 aromatic heterocycles. The van der Waals surface area contributed by atoms with Crippen molar-refractivity contribution >= 4 is 33.9 Å². The molecule has 0 aliphatic heterocycles. The Balaban J connectivity index is 1.64. The largest absolute Gasteiger partial charge is 0.366 e. The number of aromatic nitrogens is 3. The van der Waals surface area contributed by atoms with Crippen LogP contribution in [-0.2, 0) is 6.42 Å². The third-order valence-electron chi connectivity index (χ3n) is 6.40. The van der Waals surface area contributed by atoms with Gasteiger partial charge in [0.25, 0.3) is 0 Å². The zero-order valence-electron chi connectivity index (χ0n) is 18.0. The number of aryl methyl sites for hydroxylation is 1. The van der Waals surface area contributed by atoms with Gasteiger partial charge in [-0.25, -0.2) is 9.37 Å². The lowest BCUT2D eigenvalue weighted by atomic mass is 9.99. The number of benzene rings is 3. The van der Waals surface area contributed by atoms with Gasteiger partial charge in [-0.2, -0.15) is 0 Å². The molecule has 5 aromatic rings. The molecule has 2 heterocycles. The molecule has 3 N–H and O–H groups in total. The van der Waals surface area contributed by atoms with Crippen molar-refractivity contribution in [2.45, 2.75) is 19.8 Å². The van der Waals surface area contributed by atoms with Crippen LogP contribution in [0.3, 0.4) is 0 Å². The third-order valence-corrected chi connectivity index (χ3v) is 6.40. The first kappa shape index (κ1) is 19.5. The Labute approximate surface area is 189 Å². The van der Waals surface area contributed by atoms with Crippen LogP contribution in [0.4, 0.5) is 4.39 Å². The van der Waals surface area contributed by atoms with Crippen molar-refractivity contribution < 1.29 is 9.18 Å². The number of fused-ring (bicyclic) bond motifs is 4. The molecule has 0 atom stereocenters. The van der Waals surface area contributed by atoms with E-state index in [1.165, 1.54) is 17.8 Å². The number of H-pyrrole nitrogens is 1. The number of allylic oxidation sites excluding steroid dienone is 1. The van der Waals surface area contributed by atoms with E-state index < -0.39 is 5.91 Å². The van der Waals surface area contributed by atoms with Crippen molar-refractivity contribution in [3.05, 3.63) is 88.9 Å². The number of rotatable bonds is 3. The van der Waals surface area contributed by atoms with E-state index in [1.54, 1.807) is 12.1 Å². The fourth-order valence-corrected chi connectivity index (χ4v) is 4.93. The second kappa shape index (κ2) is 7.17. The maximum Gasteiger partial charge on any atom is 0.248 e. The highest BCUT2D eigenvalue weighted by atomic mass is 19.1. The number of carbonyl (C=O) groups excluding carboxylic acids is 1. The minimum atomic E-state index is -0.426. The molecule has 6 heteroatoms. The molecule has 33 heavy (non-hydrogen) atoms. The molecule has 6 rings (SSSR count). The van der Waals surface area contributed by atoms with E-state index in [-0.39, 0.29) is 5.82 Å². The summed E-state index contributed by atoms with van der Waals surface area (Å²) in [4.78, 5) is 19.8. The zero-order valence-corrected chi connectivity index (χ0v) is 18.0. The van der Waals surface area contributed by atoms with E-state index in [2.05, 4.69) is 27.8 Å². The van der Waals surface area contributed by atoms with Gasteiger partial charge in [0.1, 0.15) is 11.6 Å². The second-order valence-electron chi connectivity index (χ2n) is 8.45. The number of primary amides is 1. The average Bonchev–Trinajstić information content (AvgIpc) is 3.37. The number of amides is 1. The fraction of sp³-hybridized carbons (Fsp3) is 0.111. The first-order valence-corrected chi connectivity index (χ1v) is 10.9. The molecular weight excluding hydrogens is 415 g/mol. The van der Waals surface area contributed by atoms with Crippen molar-refractivity contribution in [1.82, 2.24) is 14.5 Å². The molecule has 5 nitrogen and oxygen atoms in total. The monoisotopic (exact) mass is 436 g/mol. The number of hydrogen-bond donors (Lipinski definition) is 2. The molecule has 1 aliphatic carbocycles. The summed E-state index contributed by atoms with van der Waals surface area (Å²) in [5, 5.41) is 1.10. The fourth-order valence-electron chi connectivity index (χ4n) is 4.93. The van der Waals surface area contributed by atoms with Crippen LogP contribution in [0.5, 0.6) is 0 Å². The van der Waals surface area contributed by atoms with Crippen LogP contribution >= 0.6 is 0 Å². The number of imidazole rings is 1. The lowest BCUT2D eigenvalue weighted by Gasteiger charge is -2.14. The quantitative estimate of drug-likeness (QED) is 0.382. The smallest absolute Gasteiger partial charge is 0.248 e. The van der Waals surface area contributed by atoms with Gasteiger partial charge in [-0.15, -0.1) is 0 Å². The van der Waals surface area contributed by atoms with Crippen molar-refractivity contribution in [3.8, 4) is 17.1 Å². The van der Waals surface area contributed by atoms with E-state index in [1.807, 2.05) is 31.2 Å². The van der Waals surface area contributed by atoms with Gasteiger partial charge in [0.15, 0.2) is 0 Å². The van der Waals surface area contributed by atoms with Gasteiger partial charge in [0.2, 0.25) is 5.91 Å². The molecule has 0 fully saturated rings. The summed E-state index contributed by atoms with van der Waals surface area (Å²) in [5.41, 5.74) is 13.7. The lowest BCUT2D eigenvalue weighted by molar-refractivity contribution is 0.0999. The SMILES string of the molecule is Cc1cc(-n2c3c(c4c(-c5nc6ccc(F)cc6[nH]5)cccc42)C=CCC3)ccc1C(N)=O. The van der Waals surface area contributed by atoms with Crippen LogP contribution < -0.4 is 5.73 Å². The van der Waals surface area contributed by atoms with Crippen molar-refractivity contribution in [2.24, 2.45) is 5.73 Å². The van der Waals surface area contributed by atoms with Crippen LogP contribution in [0, 0.1) is 12.7 Å². The van der Waals surface area contributed by atoms with Crippen molar-refractivity contribution in [3.63, 3.8) is 0 Å². The van der Waals surface area contributed by atoms with E-state index in [9.17, 15) is 9.18 Å². The first-order chi connectivity index (χ1) is 16.0. The van der Waals surface area contributed by atoms with E-state index in [0.717, 1.165) is 51.6 Å². The molecule has 0 bridgehead atoms. The Hall–Kier alpha value is -4.19. The molecule has 1 amide bonds. The highest BCUT2D eigenvalue weighted by molar-refractivity contribution is 6.03. The molecule has 0 saturated carbocycles. The summed E-state index contributed by atoms with van der Waals surface area (Å²) in [5.74, 6) is -0.0116. The van der Waals surface area contributed by atoms with Crippen LogP contribution in [0.2, 0.25) is 0 Å². The van der Waals surface area contributed by atoms with Crippen LogP contribution in [0.15, 0.2) is 60.7 Å². The molecule has 3 aromatic carbocycles. The summed E-state index contributed by atoms with van der Waals surface area (Å²) >= 11 is 0. The topological polar surface area (TPSA) is 76.7 Å². The standard InChI is InChI=1S/C27H21FN4O/c1-15-13-17(10-11-18(15)26(29)33)32-23-7-3-2-5-19(23)25-20(6-4-8-24(25)32)27-30-21-12-9-16(28)14-22(21)31-27/h2,4-6,8-14H,3,7H2,1H3,(H2,29,33)(H,30,31). The maximum absolute atomic E-state index is 13.7. The van der Waals surface area contributed by atoms with Gasteiger partial charge in [0, 0.05) is 33.5 Å². The Morgan fingerprint density at radius 2 is 2.03 bits per heavy atom. The highest BCUT2D eigenvalue weighted by Gasteiger charge is 2.22. The lowest BCUT2D eigenvalue weighted by Crippen LogP contribution is -2.13. The van der Waals surface area contributed by atoms with Crippen molar-refractivity contribution in [2.75, 3.05) is 0 Å². The number of halogens is 1. The number of nitrogens with zero attached hydrogens (tertiary/aromatic N) is 2. The predicted octanol–water partition coefficient (Wildman–Crippen LogP) is 5.68. The van der Waals surface area contributed by atoms with Gasteiger partial charge < -0.3 is 15.3 Å². The van der Waals surface area contributed by atoms with Gasteiger partial charge in [-0.05, 0) is 67.8 Å². The van der Waals surface area contributed by atoms with Gasteiger partial charge in [0.05, 0.1) is 16.6 Å². The van der Waals surface area contributed by atoms with Gasteiger partial charge >= 0.3 is 0 Å². The maximum atomic E-state index is 13.7. The Morgan fingerprint density at radius 1 is 1.15 bits per heavy atom. The van der Waals surface area contributed by atoms with Gasteiger partial charge in [-0.1, -0.05) is 24.3 Å². The summed E-state index contributed by atoms with van der Waals surface area (Å²) in [6, 6.07) is 16.5. The van der Waals surface area contributed by atoms with E-state index in [4.69, 9.17) is 10.7 Å². The summed E-state index contributed by atoms with van der Waals surface area (Å²) < 4.78 is 16.0. The summed E-state index contributed by atoms with van der Waals surface area (Å²) in [6.45, 7) is 1.90.